The number of carbonyl (C=O) groups excluding carboxylic acids is 2. The topological polar surface area (TPSA) is 81.7 Å². The Balaban J connectivity index is 1.99. The summed E-state index contributed by atoms with van der Waals surface area (Å²) in [4.78, 5) is 26.2. The molecule has 1 aliphatic rings. The molecule has 1 heterocycles. The molecule has 0 aromatic heterocycles. The molecule has 1 aromatic carbocycles. The van der Waals surface area contributed by atoms with Crippen molar-refractivity contribution in [3.63, 3.8) is 0 Å². The van der Waals surface area contributed by atoms with Crippen molar-refractivity contribution in [1.29, 1.82) is 0 Å². The van der Waals surface area contributed by atoms with Gasteiger partial charge in [-0.1, -0.05) is 25.1 Å². The van der Waals surface area contributed by atoms with Crippen LogP contribution in [0.5, 0.6) is 0 Å². The number of carbonyl (C=O) groups is 2. The molecule has 0 spiro atoms. The van der Waals surface area contributed by atoms with Crippen LogP contribution in [0.3, 0.4) is 0 Å². The van der Waals surface area contributed by atoms with Crippen LogP contribution in [0.25, 0.3) is 0 Å². The number of nitrogens with one attached hydrogen (secondary N) is 2. The van der Waals surface area contributed by atoms with Gasteiger partial charge in [-0.3, -0.25) is 9.59 Å². The van der Waals surface area contributed by atoms with Crippen LogP contribution in [0.4, 0.5) is 5.69 Å². The van der Waals surface area contributed by atoms with Crippen molar-refractivity contribution in [3.8, 4) is 0 Å². The largest absolute Gasteiger partial charge is 0.391 e. The summed E-state index contributed by atoms with van der Waals surface area (Å²) in [5, 5.41) is 15.6. The molecule has 0 radical (unpaired) electrons. The minimum atomic E-state index is -0.501. The van der Waals surface area contributed by atoms with Gasteiger partial charge in [0, 0.05) is 18.8 Å². The molecule has 1 aliphatic heterocycles. The number of aliphatic hydroxyl groups excluding tert-OH is 1. The van der Waals surface area contributed by atoms with Gasteiger partial charge in [0.25, 0.3) is 0 Å². The number of benzene rings is 1. The molecule has 1 aromatic rings. The van der Waals surface area contributed by atoms with E-state index in [9.17, 15) is 14.7 Å². The maximum absolute atomic E-state index is 12.4. The first-order valence-electron chi connectivity index (χ1n) is 8.65. The Hall–Kier alpha value is -2.08. The lowest BCUT2D eigenvalue weighted by atomic mass is 10.1. The minimum absolute atomic E-state index is 0.110. The zero-order valence-corrected chi connectivity index (χ0v) is 14.2. The van der Waals surface area contributed by atoms with E-state index < -0.39 is 12.1 Å². The second-order valence-electron chi connectivity index (χ2n) is 6.19. The fraction of sp³-hybridized carbons (Fsp3) is 0.556. The van der Waals surface area contributed by atoms with E-state index >= 15 is 0 Å². The molecule has 2 rings (SSSR count). The number of rotatable bonds is 7. The van der Waals surface area contributed by atoms with Crippen molar-refractivity contribution in [1.82, 2.24) is 10.6 Å². The molecule has 132 valence electrons. The summed E-state index contributed by atoms with van der Waals surface area (Å²) < 4.78 is 0. The van der Waals surface area contributed by atoms with Crippen LogP contribution < -0.4 is 15.5 Å². The summed E-state index contributed by atoms with van der Waals surface area (Å²) in [6.45, 7) is 3.07. The Morgan fingerprint density at radius 1 is 1.38 bits per heavy atom. The fourth-order valence-electron chi connectivity index (χ4n) is 2.77. The van der Waals surface area contributed by atoms with Gasteiger partial charge in [0.15, 0.2) is 0 Å². The summed E-state index contributed by atoms with van der Waals surface area (Å²) in [6, 6.07) is 9.07. The lowest BCUT2D eigenvalue weighted by molar-refractivity contribution is -0.128. The van der Waals surface area contributed by atoms with Gasteiger partial charge in [-0.05, 0) is 37.8 Å². The Kier molecular flexibility index (Phi) is 7.06. The number of aliphatic hydroxyl groups is 1. The smallest absolute Gasteiger partial charge is 0.242 e. The average Bonchev–Trinajstić information content (AvgIpc) is 2.79. The Morgan fingerprint density at radius 2 is 2.12 bits per heavy atom. The number of hydrogen-bond donors (Lipinski definition) is 3. The predicted molar refractivity (Wildman–Crippen MR) is 93.7 cm³/mol. The third-order valence-corrected chi connectivity index (χ3v) is 4.23. The Morgan fingerprint density at radius 3 is 2.83 bits per heavy atom. The van der Waals surface area contributed by atoms with E-state index in [0.29, 0.717) is 25.9 Å². The maximum atomic E-state index is 12.4. The first-order valence-corrected chi connectivity index (χ1v) is 8.65. The number of amides is 2. The molecule has 2 atom stereocenters. The van der Waals surface area contributed by atoms with Crippen LogP contribution in [-0.2, 0) is 9.59 Å². The monoisotopic (exact) mass is 333 g/mol. The third-order valence-electron chi connectivity index (χ3n) is 4.23. The average molecular weight is 333 g/mol. The first kappa shape index (κ1) is 18.3. The van der Waals surface area contributed by atoms with Crippen LogP contribution in [-0.4, -0.2) is 48.7 Å². The molecule has 6 heteroatoms. The SMILES string of the molecule is CCC(O)CN(CC(=O)NC1CCCCNC1=O)c1ccccc1. The molecule has 2 amide bonds. The zero-order chi connectivity index (χ0) is 17.4. The molecular formula is C18H27N3O3. The van der Waals surface area contributed by atoms with Crippen LogP contribution in [0.1, 0.15) is 32.6 Å². The van der Waals surface area contributed by atoms with E-state index in [-0.39, 0.29) is 18.4 Å². The van der Waals surface area contributed by atoms with Gasteiger partial charge in [-0.25, -0.2) is 0 Å². The predicted octanol–water partition coefficient (Wildman–Crippen LogP) is 1.05. The van der Waals surface area contributed by atoms with E-state index in [4.69, 9.17) is 0 Å². The number of hydrogen-bond acceptors (Lipinski definition) is 4. The van der Waals surface area contributed by atoms with Gasteiger partial charge >= 0.3 is 0 Å². The van der Waals surface area contributed by atoms with Crippen LogP contribution in [0.2, 0.25) is 0 Å². The van der Waals surface area contributed by atoms with E-state index in [1.54, 1.807) is 0 Å². The van der Waals surface area contributed by atoms with Gasteiger partial charge in [-0.15, -0.1) is 0 Å². The summed E-state index contributed by atoms with van der Waals surface area (Å²) in [6.07, 6.45) is 2.65. The molecule has 24 heavy (non-hydrogen) atoms. The van der Waals surface area contributed by atoms with Crippen molar-refractivity contribution >= 4 is 17.5 Å². The van der Waals surface area contributed by atoms with Crippen molar-refractivity contribution in [2.24, 2.45) is 0 Å². The first-order chi connectivity index (χ1) is 11.6. The molecular weight excluding hydrogens is 306 g/mol. The molecule has 3 N–H and O–H groups in total. The zero-order valence-electron chi connectivity index (χ0n) is 14.2. The normalized spacial score (nSPS) is 19.1. The van der Waals surface area contributed by atoms with Gasteiger partial charge < -0.3 is 20.6 Å². The van der Waals surface area contributed by atoms with Crippen molar-refractivity contribution in [3.05, 3.63) is 30.3 Å². The lowest BCUT2D eigenvalue weighted by Crippen LogP contribution is -2.49. The summed E-state index contributed by atoms with van der Waals surface area (Å²) >= 11 is 0. The number of para-hydroxylation sites is 1. The Labute approximate surface area is 143 Å². The highest BCUT2D eigenvalue weighted by Crippen LogP contribution is 2.14. The molecule has 6 nitrogen and oxygen atoms in total. The van der Waals surface area contributed by atoms with E-state index in [2.05, 4.69) is 10.6 Å². The summed E-state index contributed by atoms with van der Waals surface area (Å²) in [5.74, 6) is -0.315. The van der Waals surface area contributed by atoms with Crippen LogP contribution in [0.15, 0.2) is 30.3 Å². The van der Waals surface area contributed by atoms with Gasteiger partial charge in [0.1, 0.15) is 6.04 Å². The standard InChI is InChI=1S/C18H27N3O3/c1-2-15(22)12-21(14-8-4-3-5-9-14)13-17(23)20-16-10-6-7-11-19-18(16)24/h3-5,8-9,15-16,22H,2,6-7,10-13H2,1H3,(H,19,24)(H,20,23). The molecule has 0 aliphatic carbocycles. The second-order valence-corrected chi connectivity index (χ2v) is 6.19. The van der Waals surface area contributed by atoms with Crippen molar-refractivity contribution in [2.75, 3.05) is 24.5 Å². The molecule has 0 bridgehead atoms. The van der Waals surface area contributed by atoms with Crippen molar-refractivity contribution < 1.29 is 14.7 Å². The molecule has 1 fully saturated rings. The second kappa shape index (κ2) is 9.27. The number of nitrogens with zero attached hydrogens (tertiary/aromatic N) is 1. The Bertz CT molecular complexity index is 536. The minimum Gasteiger partial charge on any atom is -0.391 e. The van der Waals surface area contributed by atoms with Gasteiger partial charge in [0.05, 0.1) is 12.6 Å². The van der Waals surface area contributed by atoms with E-state index in [1.165, 1.54) is 0 Å². The number of anilines is 1. The quantitative estimate of drug-likeness (QED) is 0.697. The van der Waals surface area contributed by atoms with E-state index in [1.807, 2.05) is 42.2 Å². The van der Waals surface area contributed by atoms with E-state index in [0.717, 1.165) is 18.5 Å². The summed E-state index contributed by atoms with van der Waals surface area (Å²) in [7, 11) is 0. The maximum Gasteiger partial charge on any atom is 0.242 e. The molecule has 2 unspecified atom stereocenters. The lowest BCUT2D eigenvalue weighted by Gasteiger charge is -2.27. The van der Waals surface area contributed by atoms with Crippen LogP contribution >= 0.6 is 0 Å². The highest BCUT2D eigenvalue weighted by Gasteiger charge is 2.23. The van der Waals surface area contributed by atoms with Crippen LogP contribution in [0, 0.1) is 0 Å². The fourth-order valence-corrected chi connectivity index (χ4v) is 2.77. The van der Waals surface area contributed by atoms with Gasteiger partial charge in [-0.2, -0.15) is 0 Å². The third kappa shape index (κ3) is 5.53. The highest BCUT2D eigenvalue weighted by molar-refractivity contribution is 5.89. The highest BCUT2D eigenvalue weighted by atomic mass is 16.3. The molecule has 1 saturated heterocycles. The molecule has 0 saturated carbocycles. The summed E-state index contributed by atoms with van der Waals surface area (Å²) in [5.41, 5.74) is 0.880. The van der Waals surface area contributed by atoms with Gasteiger partial charge in [0.2, 0.25) is 11.8 Å². The van der Waals surface area contributed by atoms with Crippen molar-refractivity contribution in [2.45, 2.75) is 44.8 Å².